The van der Waals surface area contributed by atoms with E-state index in [1.807, 2.05) is 48.7 Å². The van der Waals surface area contributed by atoms with Crippen LogP contribution < -0.4 is 14.4 Å². The summed E-state index contributed by atoms with van der Waals surface area (Å²) in [6.07, 6.45) is 1.31. The number of aliphatic hydroxyl groups excluding tert-OH is 1. The Hall–Kier alpha value is -2.31. The molecule has 1 aliphatic heterocycles. The highest BCUT2D eigenvalue weighted by molar-refractivity contribution is 5.38. The van der Waals surface area contributed by atoms with Gasteiger partial charge in [0.05, 0.1) is 7.11 Å². The Bertz CT molecular complexity index is 628. The van der Waals surface area contributed by atoms with Crippen LogP contribution in [0.4, 0.5) is 5.82 Å². The second kappa shape index (κ2) is 8.69. The summed E-state index contributed by atoms with van der Waals surface area (Å²) < 4.78 is 10.8. The Morgan fingerprint density at radius 1 is 1.04 bits per heavy atom. The Balaban J connectivity index is 1.39. The van der Waals surface area contributed by atoms with Crippen LogP contribution in [-0.2, 0) is 0 Å². The van der Waals surface area contributed by atoms with Crippen LogP contribution in [0.5, 0.6) is 11.5 Å². The normalized spacial score (nSPS) is 16.5. The highest BCUT2D eigenvalue weighted by Gasteiger charge is 2.20. The maximum absolute atomic E-state index is 10.2. The molecule has 0 amide bonds. The van der Waals surface area contributed by atoms with Crippen LogP contribution in [0.3, 0.4) is 0 Å². The third-order valence-electron chi connectivity index (χ3n) is 4.32. The zero-order chi connectivity index (χ0) is 17.5. The monoisotopic (exact) mass is 343 g/mol. The van der Waals surface area contributed by atoms with Gasteiger partial charge in [-0.25, -0.2) is 4.98 Å². The Morgan fingerprint density at radius 3 is 2.40 bits per heavy atom. The minimum Gasteiger partial charge on any atom is -0.497 e. The molecule has 0 radical (unpaired) electrons. The summed E-state index contributed by atoms with van der Waals surface area (Å²) in [6.45, 7) is 4.57. The first-order valence-corrected chi connectivity index (χ1v) is 8.58. The number of pyridine rings is 1. The van der Waals surface area contributed by atoms with Crippen molar-refractivity contribution < 1.29 is 14.6 Å². The maximum Gasteiger partial charge on any atom is 0.128 e. The second-order valence-electron chi connectivity index (χ2n) is 6.12. The van der Waals surface area contributed by atoms with E-state index < -0.39 is 6.10 Å². The van der Waals surface area contributed by atoms with Crippen molar-refractivity contribution in [3.63, 3.8) is 0 Å². The van der Waals surface area contributed by atoms with E-state index in [0.717, 1.165) is 43.5 Å². The lowest BCUT2D eigenvalue weighted by Crippen LogP contribution is -2.49. The molecule has 1 aromatic heterocycles. The summed E-state index contributed by atoms with van der Waals surface area (Å²) >= 11 is 0. The van der Waals surface area contributed by atoms with Gasteiger partial charge >= 0.3 is 0 Å². The first-order valence-electron chi connectivity index (χ1n) is 8.58. The van der Waals surface area contributed by atoms with Gasteiger partial charge in [0.15, 0.2) is 0 Å². The SMILES string of the molecule is COc1ccc(OC[C@@H](O)CN2CCN(c3ccccn3)CC2)cc1. The minimum atomic E-state index is -0.511. The number of hydrogen-bond acceptors (Lipinski definition) is 6. The molecule has 2 aromatic rings. The molecule has 1 atom stereocenters. The maximum atomic E-state index is 10.2. The van der Waals surface area contributed by atoms with Gasteiger partial charge in [-0.3, -0.25) is 4.90 Å². The molecule has 2 heterocycles. The number of aromatic nitrogens is 1. The number of β-amino-alcohol motifs (C(OH)–C–C–N with tert-alkyl or cyclic N) is 1. The number of nitrogens with zero attached hydrogens (tertiary/aromatic N) is 3. The van der Waals surface area contributed by atoms with Gasteiger partial charge in [-0.05, 0) is 36.4 Å². The van der Waals surface area contributed by atoms with Gasteiger partial charge in [-0.15, -0.1) is 0 Å². The van der Waals surface area contributed by atoms with Crippen LogP contribution in [0.1, 0.15) is 0 Å². The summed E-state index contributed by atoms with van der Waals surface area (Å²) in [5, 5.41) is 10.2. The van der Waals surface area contributed by atoms with Gasteiger partial charge in [-0.1, -0.05) is 6.07 Å². The number of hydrogen-bond donors (Lipinski definition) is 1. The molecule has 0 spiro atoms. The molecule has 1 aromatic carbocycles. The summed E-state index contributed by atoms with van der Waals surface area (Å²) in [7, 11) is 1.63. The molecule has 1 aliphatic rings. The fourth-order valence-electron chi connectivity index (χ4n) is 2.92. The smallest absolute Gasteiger partial charge is 0.128 e. The average molecular weight is 343 g/mol. The highest BCUT2D eigenvalue weighted by Crippen LogP contribution is 2.17. The lowest BCUT2D eigenvalue weighted by molar-refractivity contribution is 0.0662. The first kappa shape index (κ1) is 17.5. The first-order chi connectivity index (χ1) is 12.2. The number of ether oxygens (including phenoxy) is 2. The number of piperazine rings is 1. The molecule has 6 heteroatoms. The molecule has 0 unspecified atom stereocenters. The van der Waals surface area contributed by atoms with Crippen molar-refractivity contribution in [3.8, 4) is 11.5 Å². The van der Waals surface area contributed by atoms with Gasteiger partial charge < -0.3 is 19.5 Å². The van der Waals surface area contributed by atoms with Gasteiger partial charge in [0.1, 0.15) is 30.0 Å². The minimum absolute atomic E-state index is 0.285. The van der Waals surface area contributed by atoms with Crippen LogP contribution >= 0.6 is 0 Å². The van der Waals surface area contributed by atoms with Crippen molar-refractivity contribution in [2.24, 2.45) is 0 Å². The summed E-state index contributed by atoms with van der Waals surface area (Å²) in [5.41, 5.74) is 0. The van der Waals surface area contributed by atoms with E-state index >= 15 is 0 Å². The van der Waals surface area contributed by atoms with Crippen LogP contribution in [0.2, 0.25) is 0 Å². The van der Waals surface area contributed by atoms with Crippen molar-refractivity contribution in [1.82, 2.24) is 9.88 Å². The average Bonchev–Trinajstić information content (AvgIpc) is 2.68. The Kier molecular flexibility index (Phi) is 6.09. The van der Waals surface area contributed by atoms with Gasteiger partial charge in [0.2, 0.25) is 0 Å². The summed E-state index contributed by atoms with van der Waals surface area (Å²) in [5.74, 6) is 2.55. The third kappa shape index (κ3) is 5.08. The number of benzene rings is 1. The number of rotatable bonds is 7. The molecule has 1 N–H and O–H groups in total. The van der Waals surface area contributed by atoms with Crippen molar-refractivity contribution in [2.45, 2.75) is 6.10 Å². The summed E-state index contributed by atoms with van der Waals surface area (Å²) in [4.78, 5) is 8.93. The topological polar surface area (TPSA) is 58.1 Å². The van der Waals surface area contributed by atoms with Crippen molar-refractivity contribution in [1.29, 1.82) is 0 Å². The number of aliphatic hydroxyl groups is 1. The standard InChI is InChI=1S/C19H25N3O3/c1-24-17-5-7-18(8-6-17)25-15-16(23)14-21-10-12-22(13-11-21)19-4-2-3-9-20-19/h2-9,16,23H,10-15H2,1H3/t16-/m0/s1. The molecular weight excluding hydrogens is 318 g/mol. The molecule has 25 heavy (non-hydrogen) atoms. The quantitative estimate of drug-likeness (QED) is 0.825. The molecule has 0 bridgehead atoms. The molecule has 0 aliphatic carbocycles. The molecule has 1 saturated heterocycles. The number of anilines is 1. The fourth-order valence-corrected chi connectivity index (χ4v) is 2.92. The number of methoxy groups -OCH3 is 1. The second-order valence-corrected chi connectivity index (χ2v) is 6.12. The van der Waals surface area contributed by atoms with Crippen LogP contribution in [0, 0.1) is 0 Å². The molecule has 0 saturated carbocycles. The van der Waals surface area contributed by atoms with Gasteiger partial charge in [-0.2, -0.15) is 0 Å². The van der Waals surface area contributed by atoms with Crippen molar-refractivity contribution in [2.75, 3.05) is 51.3 Å². The zero-order valence-corrected chi connectivity index (χ0v) is 14.5. The van der Waals surface area contributed by atoms with Crippen LogP contribution in [0.25, 0.3) is 0 Å². The Labute approximate surface area is 148 Å². The summed E-state index contributed by atoms with van der Waals surface area (Å²) in [6, 6.07) is 13.4. The molecule has 1 fully saturated rings. The van der Waals surface area contributed by atoms with E-state index in [1.54, 1.807) is 7.11 Å². The van der Waals surface area contributed by atoms with E-state index in [4.69, 9.17) is 9.47 Å². The van der Waals surface area contributed by atoms with E-state index in [0.29, 0.717) is 6.54 Å². The predicted molar refractivity (Wildman–Crippen MR) is 97.4 cm³/mol. The van der Waals surface area contributed by atoms with Crippen LogP contribution in [0.15, 0.2) is 48.7 Å². The predicted octanol–water partition coefficient (Wildman–Crippen LogP) is 1.65. The largest absolute Gasteiger partial charge is 0.497 e. The molecule has 134 valence electrons. The zero-order valence-electron chi connectivity index (χ0n) is 14.5. The highest BCUT2D eigenvalue weighted by atomic mass is 16.5. The molecular formula is C19H25N3O3. The Morgan fingerprint density at radius 2 is 1.76 bits per heavy atom. The molecule has 6 nitrogen and oxygen atoms in total. The van der Waals surface area contributed by atoms with Crippen molar-refractivity contribution in [3.05, 3.63) is 48.7 Å². The lowest BCUT2D eigenvalue weighted by atomic mass is 10.2. The van der Waals surface area contributed by atoms with E-state index in [9.17, 15) is 5.11 Å². The van der Waals surface area contributed by atoms with Crippen molar-refractivity contribution >= 4 is 5.82 Å². The third-order valence-corrected chi connectivity index (χ3v) is 4.32. The van der Waals surface area contributed by atoms with Gasteiger partial charge in [0, 0.05) is 38.9 Å². The van der Waals surface area contributed by atoms with Gasteiger partial charge in [0.25, 0.3) is 0 Å². The fraction of sp³-hybridized carbons (Fsp3) is 0.421. The lowest BCUT2D eigenvalue weighted by Gasteiger charge is -2.36. The van der Waals surface area contributed by atoms with E-state index in [2.05, 4.69) is 14.8 Å². The van der Waals surface area contributed by atoms with E-state index in [-0.39, 0.29) is 6.61 Å². The van der Waals surface area contributed by atoms with E-state index in [1.165, 1.54) is 0 Å². The molecule has 3 rings (SSSR count). The van der Waals surface area contributed by atoms with Crippen LogP contribution in [-0.4, -0.2) is 67.5 Å².